The highest BCUT2D eigenvalue weighted by atomic mass is 16.2. The van der Waals surface area contributed by atoms with Crippen LogP contribution in [0.2, 0.25) is 0 Å². The van der Waals surface area contributed by atoms with E-state index >= 15 is 0 Å². The van der Waals surface area contributed by atoms with Crippen molar-refractivity contribution in [3.63, 3.8) is 0 Å². The van der Waals surface area contributed by atoms with Gasteiger partial charge in [-0.1, -0.05) is 25.1 Å². The minimum absolute atomic E-state index is 0.141. The summed E-state index contributed by atoms with van der Waals surface area (Å²) in [6.45, 7) is 5.44. The van der Waals surface area contributed by atoms with Gasteiger partial charge in [0.1, 0.15) is 11.5 Å². The average Bonchev–Trinajstić information content (AvgIpc) is 2.55. The molecule has 0 aliphatic carbocycles. The van der Waals surface area contributed by atoms with E-state index in [0.717, 1.165) is 18.7 Å². The highest BCUT2D eigenvalue weighted by Gasteiger charge is 2.17. The molecule has 0 bridgehead atoms. The monoisotopic (exact) mass is 284 g/mol. The van der Waals surface area contributed by atoms with E-state index in [0.29, 0.717) is 18.1 Å². The molecule has 1 N–H and O–H groups in total. The van der Waals surface area contributed by atoms with Crippen molar-refractivity contribution in [1.29, 1.82) is 0 Å². The lowest BCUT2D eigenvalue weighted by atomic mass is 10.2. The third-order valence-electron chi connectivity index (χ3n) is 3.06. The summed E-state index contributed by atoms with van der Waals surface area (Å²) in [6, 6.07) is 9.57. The van der Waals surface area contributed by atoms with E-state index in [9.17, 15) is 4.79 Å². The molecule has 1 heterocycles. The van der Waals surface area contributed by atoms with E-state index in [2.05, 4.69) is 22.2 Å². The fraction of sp³-hybridized carbons (Fsp3) is 0.312. The summed E-state index contributed by atoms with van der Waals surface area (Å²) < 4.78 is 0. The number of nitrogens with one attached hydrogen (secondary N) is 1. The maximum atomic E-state index is 12.5. The summed E-state index contributed by atoms with van der Waals surface area (Å²) in [6.07, 6.45) is 4.13. The second kappa shape index (κ2) is 7.38. The summed E-state index contributed by atoms with van der Waals surface area (Å²) in [4.78, 5) is 22.6. The van der Waals surface area contributed by atoms with Crippen molar-refractivity contribution in [3.05, 3.63) is 48.4 Å². The van der Waals surface area contributed by atoms with Crippen LogP contribution in [0, 0.1) is 0 Å². The Hall–Kier alpha value is -2.43. The van der Waals surface area contributed by atoms with Gasteiger partial charge in [-0.15, -0.1) is 0 Å². The third kappa shape index (κ3) is 3.78. The van der Waals surface area contributed by atoms with Crippen molar-refractivity contribution in [2.24, 2.45) is 0 Å². The number of aromatic nitrogens is 2. The first-order chi connectivity index (χ1) is 10.3. The minimum atomic E-state index is -0.141. The summed E-state index contributed by atoms with van der Waals surface area (Å²) in [5, 5.41) is 3.14. The van der Waals surface area contributed by atoms with Crippen LogP contribution in [-0.4, -0.2) is 29.0 Å². The number of rotatable bonds is 6. The fourth-order valence-electron chi connectivity index (χ4n) is 1.97. The first-order valence-corrected chi connectivity index (χ1v) is 7.19. The molecule has 5 heteroatoms. The first-order valence-electron chi connectivity index (χ1n) is 7.19. The van der Waals surface area contributed by atoms with Gasteiger partial charge in [-0.2, -0.15) is 0 Å². The number of anilines is 2. The van der Waals surface area contributed by atoms with Crippen LogP contribution in [-0.2, 0) is 0 Å². The molecule has 0 saturated carbocycles. The van der Waals surface area contributed by atoms with Gasteiger partial charge in [0.05, 0.1) is 12.4 Å². The summed E-state index contributed by atoms with van der Waals surface area (Å²) in [7, 11) is 0. The molecule has 0 aliphatic heterocycles. The van der Waals surface area contributed by atoms with Crippen molar-refractivity contribution < 1.29 is 4.79 Å². The van der Waals surface area contributed by atoms with Gasteiger partial charge in [-0.3, -0.25) is 4.79 Å². The number of hydrogen-bond donors (Lipinski definition) is 1. The number of carbonyl (C=O) groups is 1. The molecule has 2 rings (SSSR count). The van der Waals surface area contributed by atoms with Crippen molar-refractivity contribution >= 4 is 17.4 Å². The Balaban J connectivity index is 2.14. The summed E-state index contributed by atoms with van der Waals surface area (Å²) >= 11 is 0. The maximum absolute atomic E-state index is 12.5. The first kappa shape index (κ1) is 15.0. The van der Waals surface area contributed by atoms with Crippen LogP contribution in [0.5, 0.6) is 0 Å². The van der Waals surface area contributed by atoms with Gasteiger partial charge in [0.25, 0.3) is 5.91 Å². The van der Waals surface area contributed by atoms with Gasteiger partial charge in [-0.05, 0) is 25.5 Å². The fourth-order valence-corrected chi connectivity index (χ4v) is 1.97. The van der Waals surface area contributed by atoms with Crippen LogP contribution in [0.4, 0.5) is 11.5 Å². The molecule has 0 fully saturated rings. The number of amides is 1. The van der Waals surface area contributed by atoms with Crippen molar-refractivity contribution in [1.82, 2.24) is 9.97 Å². The second-order valence-corrected chi connectivity index (χ2v) is 4.60. The molecular weight excluding hydrogens is 264 g/mol. The average molecular weight is 284 g/mol. The third-order valence-corrected chi connectivity index (χ3v) is 3.06. The van der Waals surface area contributed by atoms with Gasteiger partial charge in [0.15, 0.2) is 0 Å². The molecule has 0 saturated heterocycles. The van der Waals surface area contributed by atoms with Gasteiger partial charge in [-0.25, -0.2) is 9.97 Å². The van der Waals surface area contributed by atoms with E-state index in [4.69, 9.17) is 0 Å². The minimum Gasteiger partial charge on any atom is -0.369 e. The van der Waals surface area contributed by atoms with Gasteiger partial charge in [0, 0.05) is 18.8 Å². The van der Waals surface area contributed by atoms with Gasteiger partial charge >= 0.3 is 0 Å². The van der Waals surface area contributed by atoms with Crippen LogP contribution < -0.4 is 10.2 Å². The molecule has 1 aromatic heterocycles. The maximum Gasteiger partial charge on any atom is 0.278 e. The molecule has 0 atom stereocenters. The molecule has 5 nitrogen and oxygen atoms in total. The molecule has 0 unspecified atom stereocenters. The number of carbonyl (C=O) groups excluding carboxylic acids is 1. The zero-order valence-electron chi connectivity index (χ0n) is 12.4. The van der Waals surface area contributed by atoms with Crippen molar-refractivity contribution in [2.45, 2.75) is 20.3 Å². The Morgan fingerprint density at radius 2 is 1.90 bits per heavy atom. The molecule has 1 amide bonds. The normalized spacial score (nSPS) is 10.2. The molecule has 0 aliphatic rings. The van der Waals surface area contributed by atoms with Gasteiger partial charge < -0.3 is 10.2 Å². The summed E-state index contributed by atoms with van der Waals surface area (Å²) in [5.41, 5.74) is 1.21. The molecule has 2 aromatic rings. The predicted molar refractivity (Wildman–Crippen MR) is 84.6 cm³/mol. The second-order valence-electron chi connectivity index (χ2n) is 4.60. The molecule has 0 radical (unpaired) electrons. The highest BCUT2D eigenvalue weighted by Crippen LogP contribution is 2.15. The summed E-state index contributed by atoms with van der Waals surface area (Å²) in [5.74, 6) is 0.550. The van der Waals surface area contributed by atoms with Crippen LogP contribution >= 0.6 is 0 Å². The number of para-hydroxylation sites is 1. The molecule has 21 heavy (non-hydrogen) atoms. The molecular formula is C16H20N4O. The van der Waals surface area contributed by atoms with Crippen LogP contribution in [0.1, 0.15) is 30.8 Å². The van der Waals surface area contributed by atoms with E-state index in [1.54, 1.807) is 11.1 Å². The Kier molecular flexibility index (Phi) is 5.26. The molecule has 110 valence electrons. The molecule has 1 aromatic carbocycles. The highest BCUT2D eigenvalue weighted by molar-refractivity contribution is 6.04. The van der Waals surface area contributed by atoms with Gasteiger partial charge in [0.2, 0.25) is 0 Å². The standard InChI is InChI=1S/C16H20N4O/c1-3-10-17-15-12-18-14(11-19-15)16(21)20(4-2)13-8-6-5-7-9-13/h5-9,11-12H,3-4,10H2,1-2H3,(H,17,19). The zero-order valence-corrected chi connectivity index (χ0v) is 12.4. The van der Waals surface area contributed by atoms with E-state index in [1.807, 2.05) is 37.3 Å². The lowest BCUT2D eigenvalue weighted by molar-refractivity contribution is 0.0983. The predicted octanol–water partition coefficient (Wildman–Crippen LogP) is 2.97. The zero-order chi connectivity index (χ0) is 15.1. The van der Waals surface area contributed by atoms with Crippen molar-refractivity contribution in [3.8, 4) is 0 Å². The lowest BCUT2D eigenvalue weighted by Gasteiger charge is -2.20. The Morgan fingerprint density at radius 3 is 2.48 bits per heavy atom. The SMILES string of the molecule is CCCNc1cnc(C(=O)N(CC)c2ccccc2)cn1. The number of nitrogens with zero attached hydrogens (tertiary/aromatic N) is 3. The van der Waals surface area contributed by atoms with Crippen molar-refractivity contribution in [2.75, 3.05) is 23.3 Å². The van der Waals surface area contributed by atoms with E-state index in [1.165, 1.54) is 6.20 Å². The van der Waals surface area contributed by atoms with Crippen LogP contribution in [0.15, 0.2) is 42.7 Å². The Bertz CT molecular complexity index is 569. The van der Waals surface area contributed by atoms with E-state index < -0.39 is 0 Å². The molecule has 0 spiro atoms. The number of benzene rings is 1. The smallest absolute Gasteiger partial charge is 0.278 e. The van der Waals surface area contributed by atoms with Crippen LogP contribution in [0.3, 0.4) is 0 Å². The largest absolute Gasteiger partial charge is 0.369 e. The Morgan fingerprint density at radius 1 is 1.14 bits per heavy atom. The van der Waals surface area contributed by atoms with Crippen LogP contribution in [0.25, 0.3) is 0 Å². The van der Waals surface area contributed by atoms with E-state index in [-0.39, 0.29) is 5.91 Å². The lowest BCUT2D eigenvalue weighted by Crippen LogP contribution is -2.31. The quantitative estimate of drug-likeness (QED) is 0.886. The number of hydrogen-bond acceptors (Lipinski definition) is 4. The topological polar surface area (TPSA) is 58.1 Å². The Labute approximate surface area is 125 Å².